The minimum absolute atomic E-state index is 0.00641. The highest BCUT2D eigenvalue weighted by molar-refractivity contribution is 5.82. The third-order valence-corrected chi connectivity index (χ3v) is 3.55. The highest BCUT2D eigenvalue weighted by Gasteiger charge is 1.99. The molecule has 1 aromatic carbocycles. The van der Waals surface area contributed by atoms with Crippen LogP contribution < -0.4 is 5.43 Å². The van der Waals surface area contributed by atoms with Crippen molar-refractivity contribution in [2.45, 2.75) is 65.2 Å². The number of aryl methyl sites for hydroxylation is 1. The van der Waals surface area contributed by atoms with E-state index in [4.69, 9.17) is 0 Å². The second-order valence-corrected chi connectivity index (χ2v) is 5.41. The Balaban J connectivity index is 2.15. The van der Waals surface area contributed by atoms with Crippen molar-refractivity contribution in [1.82, 2.24) is 5.43 Å². The summed E-state index contributed by atoms with van der Waals surface area (Å²) in [6.07, 6.45) is 10.5. The number of nitrogens with zero attached hydrogens (tertiary/aromatic N) is 1. The topological polar surface area (TPSA) is 41.5 Å². The van der Waals surface area contributed by atoms with Crippen LogP contribution in [-0.4, -0.2) is 12.1 Å². The fourth-order valence-electron chi connectivity index (χ4n) is 2.14. The highest BCUT2D eigenvalue weighted by atomic mass is 16.2. The van der Waals surface area contributed by atoms with Crippen LogP contribution in [0.4, 0.5) is 0 Å². The molecule has 0 spiro atoms. The van der Waals surface area contributed by atoms with Gasteiger partial charge in [0.15, 0.2) is 0 Å². The lowest BCUT2D eigenvalue weighted by Gasteiger charge is -2.01. The van der Waals surface area contributed by atoms with Gasteiger partial charge < -0.3 is 0 Å². The number of hydrogen-bond donors (Lipinski definition) is 1. The molecule has 0 unspecified atom stereocenters. The van der Waals surface area contributed by atoms with Gasteiger partial charge in [-0.05, 0) is 24.0 Å². The van der Waals surface area contributed by atoms with Crippen LogP contribution in [-0.2, 0) is 11.2 Å². The van der Waals surface area contributed by atoms with Gasteiger partial charge >= 0.3 is 0 Å². The van der Waals surface area contributed by atoms with E-state index < -0.39 is 0 Å². The maximum Gasteiger partial charge on any atom is 0.240 e. The maximum atomic E-state index is 11.6. The maximum absolute atomic E-state index is 11.6. The highest BCUT2D eigenvalue weighted by Crippen LogP contribution is 2.06. The quantitative estimate of drug-likeness (QED) is 0.386. The Kier molecular flexibility index (Phi) is 9.18. The van der Waals surface area contributed by atoms with Crippen LogP contribution in [0, 0.1) is 0 Å². The van der Waals surface area contributed by atoms with Crippen LogP contribution in [0.1, 0.15) is 69.9 Å². The van der Waals surface area contributed by atoms with Gasteiger partial charge in [-0.15, -0.1) is 0 Å². The molecule has 0 aliphatic heterocycles. The van der Waals surface area contributed by atoms with Crippen molar-refractivity contribution in [3.63, 3.8) is 0 Å². The molecule has 0 heterocycles. The zero-order valence-corrected chi connectivity index (χ0v) is 13.4. The second-order valence-electron chi connectivity index (χ2n) is 5.41. The molecular formula is C18H28N2O. The summed E-state index contributed by atoms with van der Waals surface area (Å²) in [6, 6.07) is 8.20. The van der Waals surface area contributed by atoms with Crippen molar-refractivity contribution in [3.8, 4) is 0 Å². The molecule has 0 saturated carbocycles. The van der Waals surface area contributed by atoms with Gasteiger partial charge in [-0.1, -0.05) is 70.2 Å². The molecule has 0 saturated heterocycles. The Morgan fingerprint density at radius 1 is 1.05 bits per heavy atom. The predicted molar refractivity (Wildman–Crippen MR) is 89.5 cm³/mol. The van der Waals surface area contributed by atoms with Gasteiger partial charge in [0.1, 0.15) is 0 Å². The number of carbonyl (C=O) groups excluding carboxylic acids is 1. The minimum Gasteiger partial charge on any atom is -0.273 e. The summed E-state index contributed by atoms with van der Waals surface area (Å²) < 4.78 is 0. The van der Waals surface area contributed by atoms with Crippen LogP contribution in [0.5, 0.6) is 0 Å². The normalized spacial score (nSPS) is 11.0. The largest absolute Gasteiger partial charge is 0.273 e. The third kappa shape index (κ3) is 8.28. The summed E-state index contributed by atoms with van der Waals surface area (Å²) >= 11 is 0. The van der Waals surface area contributed by atoms with Crippen molar-refractivity contribution >= 4 is 12.1 Å². The van der Waals surface area contributed by atoms with Crippen LogP contribution in [0.15, 0.2) is 29.4 Å². The Morgan fingerprint density at radius 2 is 1.71 bits per heavy atom. The Labute approximate surface area is 128 Å². The molecular weight excluding hydrogens is 260 g/mol. The van der Waals surface area contributed by atoms with E-state index in [2.05, 4.69) is 36.5 Å². The van der Waals surface area contributed by atoms with Crippen molar-refractivity contribution < 1.29 is 4.79 Å². The monoisotopic (exact) mass is 288 g/mol. The molecule has 0 aliphatic rings. The number of unbranched alkanes of at least 4 members (excludes halogenated alkanes) is 5. The first-order valence-corrected chi connectivity index (χ1v) is 8.17. The summed E-state index contributed by atoms with van der Waals surface area (Å²) in [6.45, 7) is 4.34. The predicted octanol–water partition coefficient (Wildman–Crippen LogP) is 4.45. The van der Waals surface area contributed by atoms with Crippen LogP contribution in [0.2, 0.25) is 0 Å². The van der Waals surface area contributed by atoms with Crippen molar-refractivity contribution in [1.29, 1.82) is 0 Å². The number of hydrogen-bond acceptors (Lipinski definition) is 2. The van der Waals surface area contributed by atoms with E-state index in [1.807, 2.05) is 12.1 Å². The molecule has 21 heavy (non-hydrogen) atoms. The molecule has 116 valence electrons. The Bertz CT molecular complexity index is 423. The van der Waals surface area contributed by atoms with Gasteiger partial charge in [0, 0.05) is 6.42 Å². The van der Waals surface area contributed by atoms with E-state index in [0.29, 0.717) is 6.42 Å². The van der Waals surface area contributed by atoms with Crippen LogP contribution >= 0.6 is 0 Å². The van der Waals surface area contributed by atoms with E-state index in [0.717, 1.165) is 24.8 Å². The van der Waals surface area contributed by atoms with Crippen molar-refractivity contribution in [2.24, 2.45) is 5.10 Å². The van der Waals surface area contributed by atoms with Crippen molar-refractivity contribution in [3.05, 3.63) is 35.4 Å². The molecule has 0 atom stereocenters. The van der Waals surface area contributed by atoms with Gasteiger partial charge in [0.05, 0.1) is 6.21 Å². The van der Waals surface area contributed by atoms with E-state index >= 15 is 0 Å². The third-order valence-electron chi connectivity index (χ3n) is 3.55. The summed E-state index contributed by atoms with van der Waals surface area (Å²) in [5.74, 6) is 0.00641. The van der Waals surface area contributed by atoms with E-state index in [1.165, 1.54) is 31.2 Å². The van der Waals surface area contributed by atoms with E-state index in [9.17, 15) is 4.79 Å². The molecule has 3 nitrogen and oxygen atoms in total. The van der Waals surface area contributed by atoms with Gasteiger partial charge in [-0.2, -0.15) is 5.10 Å². The SMILES string of the molecule is CCCCCCCCC(=O)N/N=C/c1ccc(CC)cc1. The smallest absolute Gasteiger partial charge is 0.240 e. The second kappa shape index (κ2) is 11.1. The first-order valence-electron chi connectivity index (χ1n) is 8.17. The molecule has 1 rings (SSSR count). The van der Waals surface area contributed by atoms with Gasteiger partial charge in [-0.25, -0.2) is 5.43 Å². The molecule has 1 N–H and O–H groups in total. The lowest BCUT2D eigenvalue weighted by molar-refractivity contribution is -0.121. The first kappa shape index (κ1) is 17.4. The molecule has 0 aliphatic carbocycles. The summed E-state index contributed by atoms with van der Waals surface area (Å²) in [5, 5.41) is 4.00. The van der Waals surface area contributed by atoms with Crippen LogP contribution in [0.3, 0.4) is 0 Å². The molecule has 1 amide bonds. The van der Waals surface area contributed by atoms with Gasteiger partial charge in [-0.3, -0.25) is 4.79 Å². The van der Waals surface area contributed by atoms with Crippen molar-refractivity contribution in [2.75, 3.05) is 0 Å². The fourth-order valence-corrected chi connectivity index (χ4v) is 2.14. The number of carbonyl (C=O) groups is 1. The molecule has 0 aromatic heterocycles. The van der Waals surface area contributed by atoms with Gasteiger partial charge in [0.25, 0.3) is 0 Å². The average molecular weight is 288 g/mol. The average Bonchev–Trinajstić information content (AvgIpc) is 2.51. The zero-order valence-electron chi connectivity index (χ0n) is 13.4. The lowest BCUT2D eigenvalue weighted by atomic mass is 10.1. The first-order chi connectivity index (χ1) is 10.3. The molecule has 1 aromatic rings. The standard InChI is InChI=1S/C18H28N2O/c1-3-5-6-7-8-9-10-18(21)20-19-15-17-13-11-16(4-2)12-14-17/h11-15H,3-10H2,1-2H3,(H,20,21)/b19-15+. The molecule has 0 fully saturated rings. The Hall–Kier alpha value is -1.64. The van der Waals surface area contributed by atoms with E-state index in [1.54, 1.807) is 6.21 Å². The molecule has 3 heteroatoms. The fraction of sp³-hybridized carbons (Fsp3) is 0.556. The zero-order chi connectivity index (χ0) is 15.3. The Morgan fingerprint density at radius 3 is 2.38 bits per heavy atom. The summed E-state index contributed by atoms with van der Waals surface area (Å²) in [5.41, 5.74) is 4.90. The number of rotatable bonds is 10. The summed E-state index contributed by atoms with van der Waals surface area (Å²) in [7, 11) is 0. The van der Waals surface area contributed by atoms with E-state index in [-0.39, 0.29) is 5.91 Å². The van der Waals surface area contributed by atoms with Crippen LogP contribution in [0.25, 0.3) is 0 Å². The minimum atomic E-state index is 0.00641. The number of nitrogens with one attached hydrogen (secondary N) is 1. The number of benzene rings is 1. The lowest BCUT2D eigenvalue weighted by Crippen LogP contribution is -2.16. The summed E-state index contributed by atoms with van der Waals surface area (Å²) in [4.78, 5) is 11.6. The number of amides is 1. The number of hydrazone groups is 1. The molecule has 0 bridgehead atoms. The molecule has 0 radical (unpaired) electrons. The van der Waals surface area contributed by atoms with Gasteiger partial charge in [0.2, 0.25) is 5.91 Å².